The van der Waals surface area contributed by atoms with Crippen molar-refractivity contribution in [2.45, 2.75) is 39.5 Å². The smallest absolute Gasteiger partial charge is 0.265 e. The number of piperidine rings is 1. The van der Waals surface area contributed by atoms with E-state index in [2.05, 4.69) is 28.9 Å². The summed E-state index contributed by atoms with van der Waals surface area (Å²) in [5.74, 6) is 0.765. The first-order valence-corrected chi connectivity index (χ1v) is 12.6. The molecule has 2 aromatic rings. The molecule has 32 heavy (non-hydrogen) atoms. The average Bonchev–Trinajstić information content (AvgIpc) is 3.19. The Morgan fingerprint density at radius 2 is 1.69 bits per heavy atom. The highest BCUT2D eigenvalue weighted by Crippen LogP contribution is 2.27. The van der Waals surface area contributed by atoms with E-state index in [0.717, 1.165) is 80.7 Å². The van der Waals surface area contributed by atoms with Crippen LogP contribution >= 0.6 is 11.3 Å². The van der Waals surface area contributed by atoms with Crippen LogP contribution in [0, 0.1) is 12.8 Å². The minimum Gasteiger partial charge on any atom is -0.340 e. The summed E-state index contributed by atoms with van der Waals surface area (Å²) in [5, 5.41) is 0.987. The number of hydrogen-bond acceptors (Lipinski definition) is 5. The van der Waals surface area contributed by atoms with E-state index >= 15 is 0 Å². The Labute approximate surface area is 195 Å². The maximum atomic E-state index is 13.1. The number of likely N-dealkylation sites (N-methyl/N-ethyl adjacent to an activating group) is 1. The molecule has 0 saturated carbocycles. The van der Waals surface area contributed by atoms with E-state index in [-0.39, 0.29) is 11.8 Å². The first-order chi connectivity index (χ1) is 15.5. The van der Waals surface area contributed by atoms with Crippen LogP contribution in [0.4, 0.5) is 0 Å². The lowest BCUT2D eigenvalue weighted by Gasteiger charge is -2.36. The second kappa shape index (κ2) is 10.6. The van der Waals surface area contributed by atoms with E-state index in [1.165, 1.54) is 16.9 Å². The van der Waals surface area contributed by atoms with Gasteiger partial charge in [-0.3, -0.25) is 9.59 Å². The lowest BCUT2D eigenvalue weighted by atomic mass is 9.92. The van der Waals surface area contributed by atoms with Gasteiger partial charge in [0, 0.05) is 52.1 Å². The molecular formula is C25H34N4O2S. The van der Waals surface area contributed by atoms with Gasteiger partial charge in [-0.1, -0.05) is 37.3 Å². The normalized spacial score (nSPS) is 18.2. The number of carbonyl (C=O) groups excluding carboxylic acids is 2. The van der Waals surface area contributed by atoms with Gasteiger partial charge >= 0.3 is 0 Å². The van der Waals surface area contributed by atoms with Gasteiger partial charge in [0.2, 0.25) is 5.91 Å². The number of benzene rings is 1. The molecule has 0 N–H and O–H groups in total. The highest BCUT2D eigenvalue weighted by atomic mass is 32.1. The van der Waals surface area contributed by atoms with Crippen LogP contribution < -0.4 is 0 Å². The van der Waals surface area contributed by atoms with Crippen LogP contribution in [-0.4, -0.2) is 77.3 Å². The number of likely N-dealkylation sites (tertiary alicyclic amines) is 1. The summed E-state index contributed by atoms with van der Waals surface area (Å²) in [6, 6.07) is 10.3. The third-order valence-corrected chi connectivity index (χ3v) is 7.92. The molecule has 6 nitrogen and oxygen atoms in total. The largest absolute Gasteiger partial charge is 0.340 e. The van der Waals surface area contributed by atoms with E-state index in [0.29, 0.717) is 12.3 Å². The fraction of sp³-hybridized carbons (Fsp3) is 0.560. The zero-order valence-corrected chi connectivity index (χ0v) is 20.1. The van der Waals surface area contributed by atoms with Crippen molar-refractivity contribution in [2.75, 3.05) is 45.8 Å². The average molecular weight is 455 g/mol. The Bertz CT molecular complexity index is 913. The summed E-state index contributed by atoms with van der Waals surface area (Å²) in [4.78, 5) is 37.6. The Morgan fingerprint density at radius 1 is 1.00 bits per heavy atom. The van der Waals surface area contributed by atoms with Crippen molar-refractivity contribution in [3.05, 3.63) is 51.5 Å². The molecule has 0 unspecified atom stereocenters. The van der Waals surface area contributed by atoms with Crippen molar-refractivity contribution >= 4 is 23.2 Å². The molecule has 2 aliphatic heterocycles. The van der Waals surface area contributed by atoms with Gasteiger partial charge < -0.3 is 14.7 Å². The van der Waals surface area contributed by atoms with Crippen molar-refractivity contribution in [1.82, 2.24) is 19.7 Å². The molecule has 2 saturated heterocycles. The fourth-order valence-corrected chi connectivity index (χ4v) is 5.74. The van der Waals surface area contributed by atoms with Crippen LogP contribution in [0.3, 0.4) is 0 Å². The summed E-state index contributed by atoms with van der Waals surface area (Å²) in [6.07, 6.45) is 3.19. The van der Waals surface area contributed by atoms with Gasteiger partial charge in [-0.2, -0.15) is 0 Å². The molecule has 172 valence electrons. The minimum atomic E-state index is 0.0970. The van der Waals surface area contributed by atoms with Gasteiger partial charge in [0.1, 0.15) is 4.88 Å². The van der Waals surface area contributed by atoms with Crippen LogP contribution in [0.1, 0.15) is 52.1 Å². The van der Waals surface area contributed by atoms with E-state index in [1.54, 1.807) is 0 Å². The molecule has 2 aliphatic rings. The maximum Gasteiger partial charge on any atom is 0.265 e. The van der Waals surface area contributed by atoms with Gasteiger partial charge in [-0.25, -0.2) is 4.98 Å². The molecular weight excluding hydrogens is 420 g/mol. The van der Waals surface area contributed by atoms with Gasteiger partial charge in [0.15, 0.2) is 0 Å². The Balaban J connectivity index is 1.27. The lowest BCUT2D eigenvalue weighted by Crippen LogP contribution is -2.49. The van der Waals surface area contributed by atoms with Crippen molar-refractivity contribution in [2.24, 2.45) is 5.92 Å². The Kier molecular flexibility index (Phi) is 7.58. The van der Waals surface area contributed by atoms with Crippen LogP contribution in [-0.2, 0) is 11.2 Å². The van der Waals surface area contributed by atoms with Crippen LogP contribution in [0.15, 0.2) is 30.3 Å². The first kappa shape index (κ1) is 22.9. The second-order valence-corrected chi connectivity index (χ2v) is 10.0. The number of carbonyl (C=O) groups is 2. The molecule has 4 rings (SSSR count). The molecule has 0 radical (unpaired) electrons. The van der Waals surface area contributed by atoms with Crippen LogP contribution in [0.5, 0.6) is 0 Å². The third-order valence-electron chi connectivity index (χ3n) is 6.77. The number of thiazole rings is 1. The van der Waals surface area contributed by atoms with E-state index in [4.69, 9.17) is 0 Å². The van der Waals surface area contributed by atoms with E-state index in [1.807, 2.05) is 34.9 Å². The van der Waals surface area contributed by atoms with E-state index < -0.39 is 0 Å². The topological polar surface area (TPSA) is 56.8 Å². The van der Waals surface area contributed by atoms with Gasteiger partial charge in [-0.15, -0.1) is 11.3 Å². The van der Waals surface area contributed by atoms with E-state index in [9.17, 15) is 9.59 Å². The van der Waals surface area contributed by atoms with Gasteiger partial charge in [0.25, 0.3) is 5.91 Å². The standard InChI is InChI=1S/C25H34N4O2S/c1-3-27-13-15-28(16-14-27)23(30)18-21-9-11-29(12-10-21)25(31)24-19(2)26-22(32-24)17-20-7-5-4-6-8-20/h4-8,21H,3,9-18H2,1-2H3. The lowest BCUT2D eigenvalue weighted by molar-refractivity contribution is -0.134. The van der Waals surface area contributed by atoms with Crippen LogP contribution in [0.2, 0.25) is 0 Å². The maximum absolute atomic E-state index is 13.1. The predicted molar refractivity (Wildman–Crippen MR) is 128 cm³/mol. The summed E-state index contributed by atoms with van der Waals surface area (Å²) < 4.78 is 0. The van der Waals surface area contributed by atoms with Crippen molar-refractivity contribution < 1.29 is 9.59 Å². The highest BCUT2D eigenvalue weighted by Gasteiger charge is 2.29. The summed E-state index contributed by atoms with van der Waals surface area (Å²) in [6.45, 7) is 10.3. The molecule has 0 atom stereocenters. The first-order valence-electron chi connectivity index (χ1n) is 11.8. The minimum absolute atomic E-state index is 0.0970. The zero-order valence-electron chi connectivity index (χ0n) is 19.3. The highest BCUT2D eigenvalue weighted by molar-refractivity contribution is 7.13. The van der Waals surface area contributed by atoms with Gasteiger partial charge in [0.05, 0.1) is 10.7 Å². The molecule has 7 heteroatoms. The van der Waals surface area contributed by atoms with Crippen LogP contribution in [0.25, 0.3) is 0 Å². The molecule has 3 heterocycles. The summed E-state index contributed by atoms with van der Waals surface area (Å²) in [7, 11) is 0. The number of piperazine rings is 1. The van der Waals surface area contributed by atoms with Crippen molar-refractivity contribution in [3.63, 3.8) is 0 Å². The third kappa shape index (κ3) is 5.56. The molecule has 1 aromatic heterocycles. The molecule has 2 fully saturated rings. The molecule has 2 amide bonds. The SMILES string of the molecule is CCN1CCN(C(=O)CC2CCN(C(=O)c3sc(Cc4ccccc4)nc3C)CC2)CC1. The predicted octanol–water partition coefficient (Wildman–Crippen LogP) is 3.45. The second-order valence-electron chi connectivity index (χ2n) is 8.94. The molecule has 1 aromatic carbocycles. The molecule has 0 aliphatic carbocycles. The number of aryl methyl sites for hydroxylation is 1. The number of nitrogens with zero attached hydrogens (tertiary/aromatic N) is 4. The monoisotopic (exact) mass is 454 g/mol. The quantitative estimate of drug-likeness (QED) is 0.671. The number of amides is 2. The summed E-state index contributed by atoms with van der Waals surface area (Å²) >= 11 is 1.52. The molecule has 0 bridgehead atoms. The Hall–Kier alpha value is -2.25. The number of aromatic nitrogens is 1. The van der Waals surface area contributed by atoms with Crippen molar-refractivity contribution in [1.29, 1.82) is 0 Å². The molecule has 0 spiro atoms. The fourth-order valence-electron chi connectivity index (χ4n) is 4.67. The number of hydrogen-bond donors (Lipinski definition) is 0. The Morgan fingerprint density at radius 3 is 2.34 bits per heavy atom. The number of rotatable bonds is 6. The summed E-state index contributed by atoms with van der Waals surface area (Å²) in [5.41, 5.74) is 2.04. The zero-order chi connectivity index (χ0) is 22.5. The van der Waals surface area contributed by atoms with Crippen molar-refractivity contribution in [3.8, 4) is 0 Å². The van der Waals surface area contributed by atoms with Gasteiger partial charge in [-0.05, 0) is 37.8 Å².